The molecule has 272 valence electrons. The average Bonchev–Trinajstić information content (AvgIpc) is 3.69. The van der Waals surface area contributed by atoms with Gasteiger partial charge in [-0.3, -0.25) is 33.8 Å². The first-order chi connectivity index (χ1) is 26.1. The Kier molecular flexibility index (Phi) is 8.77. The summed E-state index contributed by atoms with van der Waals surface area (Å²) >= 11 is 0. The number of fused-ring (bicyclic) bond motifs is 3. The summed E-state index contributed by atoms with van der Waals surface area (Å²) < 4.78 is 15.2. The van der Waals surface area contributed by atoms with E-state index in [0.717, 1.165) is 55.8 Å². The molecular weight excluding hydrogens is 684 g/mol. The van der Waals surface area contributed by atoms with Crippen molar-refractivity contribution in [1.82, 2.24) is 24.8 Å². The number of hydrogen-bond donors (Lipinski definition) is 2. The number of carbonyl (C=O) groups is 3. The number of pyridine rings is 1. The zero-order valence-corrected chi connectivity index (χ0v) is 30.4. The van der Waals surface area contributed by atoms with Crippen molar-refractivity contribution < 1.29 is 23.5 Å². The van der Waals surface area contributed by atoms with Crippen LogP contribution in [0.15, 0.2) is 82.3 Å². The van der Waals surface area contributed by atoms with E-state index < -0.39 is 5.92 Å². The number of aromatic nitrogens is 3. The number of nitrogens with one attached hydrogen (secondary N) is 2. The second-order valence-corrected chi connectivity index (χ2v) is 14.0. The molecule has 0 radical (unpaired) electrons. The summed E-state index contributed by atoms with van der Waals surface area (Å²) in [7, 11) is 3.63. The molecule has 1 atom stereocenters. The Morgan fingerprint density at radius 2 is 1.85 bits per heavy atom. The molecule has 3 amide bonds. The Balaban J connectivity index is 0.946. The fourth-order valence-electron chi connectivity index (χ4n) is 7.38. The van der Waals surface area contributed by atoms with E-state index in [1.165, 1.54) is 0 Å². The summed E-state index contributed by atoms with van der Waals surface area (Å²) in [5, 5.41) is 5.97. The van der Waals surface area contributed by atoms with E-state index in [-0.39, 0.29) is 48.0 Å². The number of imidazole rings is 1. The second-order valence-electron chi connectivity index (χ2n) is 14.0. The van der Waals surface area contributed by atoms with Gasteiger partial charge < -0.3 is 19.4 Å². The molecule has 12 heteroatoms. The summed E-state index contributed by atoms with van der Waals surface area (Å²) in [6.45, 7) is 5.55. The van der Waals surface area contributed by atoms with E-state index in [0.29, 0.717) is 30.7 Å². The molecule has 12 nitrogen and oxygen atoms in total. The fraction of sp³-hybridized carbons (Fsp3) is 0.262. The molecular formula is C42H38N6O6. The van der Waals surface area contributed by atoms with Gasteiger partial charge in [-0.15, -0.1) is 0 Å². The Morgan fingerprint density at radius 1 is 1.02 bits per heavy atom. The molecule has 3 aromatic heterocycles. The summed E-state index contributed by atoms with van der Waals surface area (Å²) in [6, 6.07) is 19.3. The molecule has 1 saturated heterocycles. The molecule has 2 aliphatic rings. The highest BCUT2D eigenvalue weighted by molar-refractivity contribution is 6.03. The van der Waals surface area contributed by atoms with Gasteiger partial charge in [-0.1, -0.05) is 37.8 Å². The van der Waals surface area contributed by atoms with Crippen molar-refractivity contribution >= 4 is 51.1 Å². The monoisotopic (exact) mass is 722 g/mol. The summed E-state index contributed by atoms with van der Waals surface area (Å²) in [5.74, 6) is 5.60. The quantitative estimate of drug-likeness (QED) is 0.166. The lowest BCUT2D eigenvalue weighted by Gasteiger charge is -2.32. The van der Waals surface area contributed by atoms with Gasteiger partial charge in [-0.05, 0) is 72.0 Å². The molecule has 3 aromatic carbocycles. The normalized spacial score (nSPS) is 15.5. The van der Waals surface area contributed by atoms with Crippen molar-refractivity contribution in [2.45, 2.75) is 38.5 Å². The summed E-state index contributed by atoms with van der Waals surface area (Å²) in [5.41, 5.74) is 8.91. The number of amides is 3. The van der Waals surface area contributed by atoms with Crippen LogP contribution >= 0.6 is 0 Å². The first kappa shape index (κ1) is 34.5. The number of hydrogen-bond acceptors (Lipinski definition) is 8. The lowest BCUT2D eigenvalue weighted by molar-refractivity contribution is -0.134. The van der Waals surface area contributed by atoms with Crippen LogP contribution in [0.2, 0.25) is 0 Å². The highest BCUT2D eigenvalue weighted by Crippen LogP contribution is 2.41. The van der Waals surface area contributed by atoms with Crippen LogP contribution in [0.25, 0.3) is 33.1 Å². The van der Waals surface area contributed by atoms with Gasteiger partial charge in [-0.2, -0.15) is 0 Å². The standard InChI is InChI=1S/C42H38N6O6/c1-24(2)30-20-28(21-35-39(30)47(4)42(52)46(35)3)48-16-17-53-37-19-26(9-12-34(37)48)27-8-11-33(44-22-27)41(51)43-15-5-6-25-7-13-36-31(18-25)32(23-54-36)29-10-14-38(49)45-40(29)50/h7-9,11-13,18-24,29H,10,14-17H2,1-4H3,(H,43,51)(H,45,49,50). The van der Waals surface area contributed by atoms with Crippen molar-refractivity contribution in [3.8, 4) is 28.7 Å². The van der Waals surface area contributed by atoms with Gasteiger partial charge in [0.25, 0.3) is 5.91 Å². The maximum Gasteiger partial charge on any atom is 0.328 e. The maximum atomic E-state index is 12.9. The van der Waals surface area contributed by atoms with Crippen LogP contribution in [-0.2, 0) is 23.7 Å². The minimum atomic E-state index is -0.463. The predicted molar refractivity (Wildman–Crippen MR) is 205 cm³/mol. The molecule has 0 spiro atoms. The number of nitrogens with zero attached hydrogens (tertiary/aromatic N) is 4. The van der Waals surface area contributed by atoms with Gasteiger partial charge in [0.15, 0.2) is 0 Å². The number of rotatable bonds is 6. The largest absolute Gasteiger partial charge is 0.490 e. The van der Waals surface area contributed by atoms with Crippen molar-refractivity contribution in [3.05, 3.63) is 106 Å². The Morgan fingerprint density at radius 3 is 2.63 bits per heavy atom. The van der Waals surface area contributed by atoms with Crippen molar-refractivity contribution in [2.75, 3.05) is 24.6 Å². The highest BCUT2D eigenvalue weighted by Gasteiger charge is 2.30. The number of carbonyl (C=O) groups excluding carboxylic acids is 3. The van der Waals surface area contributed by atoms with Crippen LogP contribution in [0.3, 0.4) is 0 Å². The van der Waals surface area contributed by atoms with E-state index in [4.69, 9.17) is 9.15 Å². The minimum Gasteiger partial charge on any atom is -0.490 e. The van der Waals surface area contributed by atoms with Gasteiger partial charge in [-0.25, -0.2) is 4.79 Å². The molecule has 54 heavy (non-hydrogen) atoms. The summed E-state index contributed by atoms with van der Waals surface area (Å²) in [4.78, 5) is 56.4. The van der Waals surface area contributed by atoms with Gasteiger partial charge in [0, 0.05) is 54.5 Å². The first-order valence-electron chi connectivity index (χ1n) is 17.9. The number of aryl methyl sites for hydroxylation is 2. The van der Waals surface area contributed by atoms with Gasteiger partial charge >= 0.3 is 5.69 Å². The van der Waals surface area contributed by atoms with Crippen LogP contribution < -0.4 is 26.0 Å². The molecule has 8 rings (SSSR count). The van der Waals surface area contributed by atoms with Crippen LogP contribution in [-0.4, -0.2) is 51.5 Å². The second kappa shape index (κ2) is 13.7. The Labute approximate surface area is 310 Å². The molecule has 1 fully saturated rings. The van der Waals surface area contributed by atoms with E-state index in [1.807, 2.05) is 50.5 Å². The summed E-state index contributed by atoms with van der Waals surface area (Å²) in [6.07, 6.45) is 3.94. The van der Waals surface area contributed by atoms with Crippen LogP contribution in [0, 0.1) is 11.8 Å². The maximum absolute atomic E-state index is 12.9. The van der Waals surface area contributed by atoms with Crippen molar-refractivity contribution in [1.29, 1.82) is 0 Å². The molecule has 2 aliphatic heterocycles. The number of anilines is 2. The number of imide groups is 1. The van der Waals surface area contributed by atoms with Crippen molar-refractivity contribution in [2.24, 2.45) is 14.1 Å². The van der Waals surface area contributed by atoms with E-state index in [9.17, 15) is 19.2 Å². The molecule has 5 heterocycles. The van der Waals surface area contributed by atoms with Crippen LogP contribution in [0.1, 0.15) is 65.7 Å². The molecule has 0 aliphatic carbocycles. The van der Waals surface area contributed by atoms with E-state index >= 15 is 0 Å². The van der Waals surface area contributed by atoms with Crippen LogP contribution in [0.4, 0.5) is 11.4 Å². The molecule has 1 unspecified atom stereocenters. The van der Waals surface area contributed by atoms with Gasteiger partial charge in [0.2, 0.25) is 11.8 Å². The topological polar surface area (TPSA) is 141 Å². The van der Waals surface area contributed by atoms with Crippen LogP contribution in [0.5, 0.6) is 5.75 Å². The lowest BCUT2D eigenvalue weighted by atomic mass is 9.90. The van der Waals surface area contributed by atoms with E-state index in [1.54, 1.807) is 33.7 Å². The first-order valence-corrected chi connectivity index (χ1v) is 17.9. The zero-order chi connectivity index (χ0) is 37.7. The van der Waals surface area contributed by atoms with E-state index in [2.05, 4.69) is 58.3 Å². The third kappa shape index (κ3) is 6.17. The highest BCUT2D eigenvalue weighted by atomic mass is 16.5. The predicted octanol–water partition coefficient (Wildman–Crippen LogP) is 5.64. The number of furan rings is 1. The molecule has 6 aromatic rings. The van der Waals surface area contributed by atoms with Gasteiger partial charge in [0.1, 0.15) is 23.6 Å². The SMILES string of the molecule is CC(C)c1cc(N2CCOc3cc(-c4ccc(C(=O)NCC#Cc5ccc6occ(C7CCC(=O)NC7=O)c6c5)nc4)ccc32)cc2c1n(C)c(=O)n2C. The molecule has 0 saturated carbocycles. The number of piperidine rings is 1. The Bertz CT molecular complexity index is 2620. The lowest BCUT2D eigenvalue weighted by Crippen LogP contribution is -2.39. The number of ether oxygens (including phenoxy) is 1. The van der Waals surface area contributed by atoms with Crippen molar-refractivity contribution in [3.63, 3.8) is 0 Å². The molecule has 0 bridgehead atoms. The smallest absolute Gasteiger partial charge is 0.328 e. The minimum absolute atomic E-state index is 0.0498. The zero-order valence-electron chi connectivity index (χ0n) is 30.4. The molecule has 2 N–H and O–H groups in total. The third-order valence-electron chi connectivity index (χ3n) is 10.2. The third-order valence-corrected chi connectivity index (χ3v) is 10.2. The average molecular weight is 723 g/mol. The van der Waals surface area contributed by atoms with Gasteiger partial charge in [0.05, 0.1) is 42.0 Å². The fourth-order valence-corrected chi connectivity index (χ4v) is 7.38. The Hall–Kier alpha value is -6.61. The number of benzene rings is 3.